The summed E-state index contributed by atoms with van der Waals surface area (Å²) in [5.41, 5.74) is 0.300. The highest BCUT2D eigenvalue weighted by atomic mass is 32.2. The molecule has 1 fully saturated rings. The van der Waals surface area contributed by atoms with Gasteiger partial charge in [0.15, 0.2) is 9.84 Å². The summed E-state index contributed by atoms with van der Waals surface area (Å²) >= 11 is 1.43. The van der Waals surface area contributed by atoms with Crippen LogP contribution < -0.4 is 5.32 Å². The van der Waals surface area contributed by atoms with Crippen molar-refractivity contribution >= 4 is 27.0 Å². The molecule has 3 rings (SSSR count). The van der Waals surface area contributed by atoms with E-state index in [9.17, 15) is 12.8 Å². The van der Waals surface area contributed by atoms with Crippen LogP contribution in [0.25, 0.3) is 10.7 Å². The van der Waals surface area contributed by atoms with Gasteiger partial charge in [0.05, 0.1) is 4.90 Å². The molecule has 1 saturated carbocycles. The van der Waals surface area contributed by atoms with E-state index in [1.54, 1.807) is 19.1 Å². The van der Waals surface area contributed by atoms with Crippen molar-refractivity contribution < 1.29 is 12.8 Å². The molecule has 1 aliphatic carbocycles. The van der Waals surface area contributed by atoms with Crippen LogP contribution in [0.5, 0.6) is 0 Å². The third-order valence-corrected chi connectivity index (χ3v) is 6.52. The number of anilines is 1. The fourth-order valence-electron chi connectivity index (χ4n) is 2.95. The Morgan fingerprint density at radius 3 is 2.52 bits per heavy atom. The molecule has 1 aliphatic rings. The molecule has 0 aromatic carbocycles. The quantitative estimate of drug-likeness (QED) is 0.864. The lowest BCUT2D eigenvalue weighted by Gasteiger charge is -2.31. The van der Waals surface area contributed by atoms with Gasteiger partial charge in [-0.05, 0) is 51.7 Å². The van der Waals surface area contributed by atoms with Gasteiger partial charge >= 0.3 is 0 Å². The van der Waals surface area contributed by atoms with Gasteiger partial charge in [0.1, 0.15) is 22.2 Å². The molecule has 0 saturated heterocycles. The summed E-state index contributed by atoms with van der Waals surface area (Å²) in [5, 5.41) is 5.87. The Hall–Kier alpha value is -1.54. The number of nitrogens with zero attached hydrogens (tertiary/aromatic N) is 2. The van der Waals surface area contributed by atoms with Crippen LogP contribution in [0.4, 0.5) is 10.2 Å². The highest BCUT2D eigenvalue weighted by molar-refractivity contribution is 7.90. The topological polar surface area (TPSA) is 72.0 Å². The minimum atomic E-state index is -3.37. The lowest BCUT2D eigenvalue weighted by atomic mass is 9.85. The second-order valence-corrected chi connectivity index (χ2v) is 9.85. The number of aromatic nitrogens is 2. The van der Waals surface area contributed by atoms with E-state index >= 15 is 0 Å². The Morgan fingerprint density at radius 2 is 1.96 bits per heavy atom. The molecule has 0 amide bonds. The van der Waals surface area contributed by atoms with E-state index in [2.05, 4.69) is 15.3 Å². The van der Waals surface area contributed by atoms with Crippen LogP contribution >= 0.6 is 11.3 Å². The molecular weight excluding hydrogens is 361 g/mol. The summed E-state index contributed by atoms with van der Waals surface area (Å²) < 4.78 is 38.0. The van der Waals surface area contributed by atoms with Gasteiger partial charge in [-0.25, -0.2) is 22.8 Å². The summed E-state index contributed by atoms with van der Waals surface area (Å²) in [4.78, 5) is 9.14. The van der Waals surface area contributed by atoms with Gasteiger partial charge in [-0.1, -0.05) is 0 Å². The number of pyridine rings is 1. The first-order valence-electron chi connectivity index (χ1n) is 8.22. The lowest BCUT2D eigenvalue weighted by Crippen LogP contribution is -2.33. The second kappa shape index (κ2) is 6.64. The molecule has 0 atom stereocenters. The van der Waals surface area contributed by atoms with Crippen LogP contribution in [0.1, 0.15) is 38.3 Å². The van der Waals surface area contributed by atoms with Gasteiger partial charge in [0.25, 0.3) is 0 Å². The molecule has 0 bridgehead atoms. The summed E-state index contributed by atoms with van der Waals surface area (Å²) in [7, 11) is -3.37. The Balaban J connectivity index is 1.90. The summed E-state index contributed by atoms with van der Waals surface area (Å²) in [6, 6.07) is 3.19. The van der Waals surface area contributed by atoms with Crippen molar-refractivity contribution in [3.63, 3.8) is 0 Å². The molecule has 8 heteroatoms. The van der Waals surface area contributed by atoms with Crippen LogP contribution in [-0.4, -0.2) is 36.4 Å². The Morgan fingerprint density at radius 1 is 1.28 bits per heavy atom. The molecule has 2 heterocycles. The Labute approximate surface area is 151 Å². The molecule has 5 nitrogen and oxygen atoms in total. The fraction of sp³-hybridized carbons (Fsp3) is 0.529. The number of halogens is 1. The zero-order chi connectivity index (χ0) is 18.2. The van der Waals surface area contributed by atoms with Crippen LogP contribution in [0.3, 0.4) is 0 Å². The largest absolute Gasteiger partial charge is 0.367 e. The van der Waals surface area contributed by atoms with Crippen molar-refractivity contribution in [2.24, 2.45) is 0 Å². The fourth-order valence-corrected chi connectivity index (χ4v) is 4.36. The molecule has 136 valence electrons. The van der Waals surface area contributed by atoms with Gasteiger partial charge < -0.3 is 5.32 Å². The van der Waals surface area contributed by atoms with Crippen molar-refractivity contribution in [3.8, 4) is 10.7 Å². The first-order valence-corrected chi connectivity index (χ1v) is 11.0. The normalized spacial score (nSPS) is 24.2. The zero-order valence-corrected chi connectivity index (χ0v) is 16.2. The number of alkyl halides is 1. The molecule has 2 aromatic rings. The maximum Gasteiger partial charge on any atom is 0.175 e. The van der Waals surface area contributed by atoms with E-state index in [0.29, 0.717) is 42.2 Å². The van der Waals surface area contributed by atoms with Gasteiger partial charge in [0, 0.05) is 23.4 Å². The minimum Gasteiger partial charge on any atom is -0.367 e. The lowest BCUT2D eigenvalue weighted by molar-refractivity contribution is 0.124. The van der Waals surface area contributed by atoms with Crippen LogP contribution in [0, 0.1) is 6.92 Å². The van der Waals surface area contributed by atoms with Crippen LogP contribution in [-0.2, 0) is 9.84 Å². The number of thiazole rings is 1. The second-order valence-electron chi connectivity index (χ2n) is 6.97. The molecule has 0 unspecified atom stereocenters. The average molecular weight is 384 g/mol. The predicted molar refractivity (Wildman–Crippen MR) is 98.6 cm³/mol. The zero-order valence-electron chi connectivity index (χ0n) is 14.5. The van der Waals surface area contributed by atoms with Crippen LogP contribution in [0.2, 0.25) is 0 Å². The van der Waals surface area contributed by atoms with Gasteiger partial charge in [-0.3, -0.25) is 0 Å². The molecule has 0 radical (unpaired) electrons. The molecular formula is C17H22FN3O2S2. The standard InChI is InChI=1S/C17H22FN3O2S2/c1-11-10-24-16(19-11)14-8-13(25(3,22)23)9-15(21-14)20-12-4-6-17(2,18)7-5-12/h8-10,12H,4-7H2,1-3H3,(H,20,21). The van der Waals surface area contributed by atoms with Crippen molar-refractivity contribution in [3.05, 3.63) is 23.2 Å². The first kappa shape index (κ1) is 18.3. The Kier molecular flexibility index (Phi) is 4.85. The monoisotopic (exact) mass is 383 g/mol. The smallest absolute Gasteiger partial charge is 0.175 e. The van der Waals surface area contributed by atoms with E-state index in [-0.39, 0.29) is 10.9 Å². The molecule has 1 N–H and O–H groups in total. The van der Waals surface area contributed by atoms with Crippen molar-refractivity contribution in [2.75, 3.05) is 11.6 Å². The van der Waals surface area contributed by atoms with E-state index in [1.807, 2.05) is 12.3 Å². The highest BCUT2D eigenvalue weighted by Gasteiger charge is 2.30. The Bertz CT molecular complexity index is 868. The van der Waals surface area contributed by atoms with E-state index in [0.717, 1.165) is 5.69 Å². The summed E-state index contributed by atoms with van der Waals surface area (Å²) in [6.45, 7) is 3.52. The van der Waals surface area contributed by atoms with Crippen LogP contribution in [0.15, 0.2) is 22.4 Å². The number of aryl methyl sites for hydroxylation is 1. The molecule has 2 aromatic heterocycles. The number of sulfone groups is 1. The minimum absolute atomic E-state index is 0.0945. The molecule has 25 heavy (non-hydrogen) atoms. The van der Waals surface area contributed by atoms with Gasteiger partial charge in [-0.15, -0.1) is 11.3 Å². The number of hydrogen-bond donors (Lipinski definition) is 1. The third-order valence-electron chi connectivity index (χ3n) is 4.45. The maximum absolute atomic E-state index is 14.0. The number of hydrogen-bond acceptors (Lipinski definition) is 6. The van der Waals surface area contributed by atoms with E-state index < -0.39 is 15.5 Å². The summed E-state index contributed by atoms with van der Waals surface area (Å²) in [5.74, 6) is 0.498. The predicted octanol–water partition coefficient (Wildman–Crippen LogP) is 4.00. The number of rotatable bonds is 4. The van der Waals surface area contributed by atoms with Crippen molar-refractivity contribution in [1.29, 1.82) is 0 Å². The van der Waals surface area contributed by atoms with E-state index in [4.69, 9.17) is 0 Å². The third kappa shape index (κ3) is 4.55. The SMILES string of the molecule is Cc1csc(-c2cc(S(C)(=O)=O)cc(NC3CCC(C)(F)CC3)n2)n1. The number of nitrogens with one attached hydrogen (secondary N) is 1. The molecule has 0 spiro atoms. The summed E-state index contributed by atoms with van der Waals surface area (Å²) in [6.07, 6.45) is 3.56. The molecule has 0 aliphatic heterocycles. The maximum atomic E-state index is 14.0. The van der Waals surface area contributed by atoms with Gasteiger partial charge in [-0.2, -0.15) is 0 Å². The first-order chi connectivity index (χ1) is 11.6. The average Bonchev–Trinajstić information content (AvgIpc) is 2.95. The van der Waals surface area contributed by atoms with Crippen molar-refractivity contribution in [1.82, 2.24) is 9.97 Å². The highest BCUT2D eigenvalue weighted by Crippen LogP contribution is 2.33. The van der Waals surface area contributed by atoms with Crippen molar-refractivity contribution in [2.45, 2.75) is 56.1 Å². The van der Waals surface area contributed by atoms with Gasteiger partial charge in [0.2, 0.25) is 0 Å². The van der Waals surface area contributed by atoms with E-state index in [1.165, 1.54) is 17.6 Å².